The van der Waals surface area contributed by atoms with Crippen LogP contribution in [0.4, 0.5) is 0 Å². The molecule has 0 atom stereocenters. The minimum atomic E-state index is 0. The van der Waals surface area contributed by atoms with Crippen LogP contribution in [0.3, 0.4) is 0 Å². The van der Waals surface area contributed by atoms with Crippen molar-refractivity contribution < 1.29 is 24.6 Å². The Balaban J connectivity index is 0.000000490. The molecule has 0 saturated heterocycles. The molecule has 0 unspecified atom stereocenters. The first-order chi connectivity index (χ1) is 3.39. The molecule has 1 aromatic rings. The molecule has 2 heteroatoms. The van der Waals surface area contributed by atoms with Crippen molar-refractivity contribution in [2.75, 3.05) is 0 Å². The fraction of sp³-hybridized carbons (Fsp3) is 0. The summed E-state index contributed by atoms with van der Waals surface area (Å²) in [6.07, 6.45) is 0. The molecule has 0 aliphatic carbocycles. The topological polar surface area (TPSA) is 20.2 Å². The Morgan fingerprint density at radius 2 is 1.75 bits per heavy atom. The predicted octanol–water partition coefficient (Wildman–Crippen LogP) is 1.19. The van der Waals surface area contributed by atoms with Crippen molar-refractivity contribution in [1.29, 1.82) is 0 Å². The summed E-state index contributed by atoms with van der Waals surface area (Å²) in [5, 5.41) is 8.61. The monoisotopic (exact) mass is 195 g/mol. The molecular weight excluding hydrogens is 189 g/mol. The number of aromatic hydroxyl groups is 1. The molecule has 1 radical (unpaired) electrons. The van der Waals surface area contributed by atoms with Gasteiger partial charge in [-0.2, -0.15) is 18.2 Å². The van der Waals surface area contributed by atoms with Crippen LogP contribution < -0.4 is 0 Å². The van der Waals surface area contributed by atoms with E-state index in [4.69, 9.17) is 5.11 Å². The van der Waals surface area contributed by atoms with Crippen LogP contribution in [0.25, 0.3) is 0 Å². The molecule has 43 valence electrons. The second-order valence-corrected chi connectivity index (χ2v) is 1.26. The van der Waals surface area contributed by atoms with Crippen molar-refractivity contribution in [3.05, 3.63) is 30.3 Å². The van der Waals surface area contributed by atoms with Crippen LogP contribution in [0.15, 0.2) is 24.3 Å². The molecule has 1 N–H and O–H groups in total. The summed E-state index contributed by atoms with van der Waals surface area (Å²) in [6, 6.07) is 9.26. The number of hydrogen-bond acceptors (Lipinski definition) is 1. The van der Waals surface area contributed by atoms with Gasteiger partial charge in [0.05, 0.1) is 0 Å². The van der Waals surface area contributed by atoms with Crippen molar-refractivity contribution in [2.24, 2.45) is 0 Å². The van der Waals surface area contributed by atoms with Gasteiger partial charge >= 0.3 is 19.5 Å². The third-order valence-electron chi connectivity index (χ3n) is 0.701. The maximum Gasteiger partial charge on any atom is 1.00 e. The molecule has 0 aliphatic heterocycles. The maximum absolute atomic E-state index is 8.61. The number of phenolic OH excluding ortho intramolecular Hbond substituents is 1. The second kappa shape index (κ2) is 3.62. The van der Waals surface area contributed by atoms with E-state index in [9.17, 15) is 0 Å². The molecule has 0 saturated carbocycles. The van der Waals surface area contributed by atoms with E-state index < -0.39 is 0 Å². The van der Waals surface area contributed by atoms with Crippen molar-refractivity contribution in [3.63, 3.8) is 0 Å². The third kappa shape index (κ3) is 2.08. The summed E-state index contributed by atoms with van der Waals surface area (Å²) in [6.45, 7) is 0. The van der Waals surface area contributed by atoms with E-state index in [2.05, 4.69) is 6.07 Å². The summed E-state index contributed by atoms with van der Waals surface area (Å²) in [4.78, 5) is 0. The van der Waals surface area contributed by atoms with Gasteiger partial charge < -0.3 is 5.11 Å². The molecule has 1 rings (SSSR count). The van der Waals surface area contributed by atoms with E-state index in [1.807, 2.05) is 0 Å². The molecule has 0 aromatic heterocycles. The zero-order valence-corrected chi connectivity index (χ0v) is 5.85. The number of benzene rings is 1. The van der Waals surface area contributed by atoms with Gasteiger partial charge in [-0.05, 0) is 0 Å². The smallest absolute Gasteiger partial charge is 0.533 e. The Morgan fingerprint density at radius 3 is 2.00 bits per heavy atom. The summed E-state index contributed by atoms with van der Waals surface area (Å²) < 4.78 is 0. The third-order valence-corrected chi connectivity index (χ3v) is 0.701. The van der Waals surface area contributed by atoms with Crippen molar-refractivity contribution in [3.8, 4) is 5.75 Å². The molecule has 1 nitrogen and oxygen atoms in total. The zero-order chi connectivity index (χ0) is 5.11. The Labute approximate surface area is 61.1 Å². The van der Waals surface area contributed by atoms with Gasteiger partial charge in [-0.15, -0.1) is 12.1 Å². The van der Waals surface area contributed by atoms with Crippen molar-refractivity contribution in [2.45, 2.75) is 0 Å². The standard InChI is InChI=1S/C6H5O.Ru/c7-6-4-2-1-3-5-6;/h2-5,7H;/q-1;+1. The van der Waals surface area contributed by atoms with Crippen LogP contribution in [-0.4, -0.2) is 5.11 Å². The Morgan fingerprint density at radius 1 is 1.25 bits per heavy atom. The molecule has 0 amide bonds. The van der Waals surface area contributed by atoms with Crippen LogP contribution >= 0.6 is 0 Å². The van der Waals surface area contributed by atoms with E-state index in [-0.39, 0.29) is 19.5 Å². The van der Waals surface area contributed by atoms with Gasteiger partial charge in [0.1, 0.15) is 0 Å². The molecule has 0 heterocycles. The van der Waals surface area contributed by atoms with Gasteiger partial charge in [0.2, 0.25) is 0 Å². The fourth-order valence-corrected chi connectivity index (χ4v) is 0.378. The second-order valence-electron chi connectivity index (χ2n) is 1.26. The minimum absolute atomic E-state index is 0. The maximum atomic E-state index is 8.61. The first-order valence-electron chi connectivity index (χ1n) is 2.04. The van der Waals surface area contributed by atoms with E-state index in [1.54, 1.807) is 24.3 Å². The van der Waals surface area contributed by atoms with E-state index in [0.717, 1.165) is 0 Å². The van der Waals surface area contributed by atoms with Gasteiger partial charge in [-0.25, -0.2) is 0 Å². The Kier molecular flexibility index (Phi) is 3.46. The van der Waals surface area contributed by atoms with Gasteiger partial charge in [0.15, 0.2) is 0 Å². The Bertz CT molecular complexity index is 138. The average Bonchev–Trinajstić information content (AvgIpc) is 1.69. The summed E-state index contributed by atoms with van der Waals surface area (Å²) in [7, 11) is 0. The fourth-order valence-electron chi connectivity index (χ4n) is 0.378. The predicted molar refractivity (Wildman–Crippen MR) is 26.9 cm³/mol. The normalized spacial score (nSPS) is 7.50. The molecule has 8 heavy (non-hydrogen) atoms. The van der Waals surface area contributed by atoms with Gasteiger partial charge in [-0.3, -0.25) is 0 Å². The van der Waals surface area contributed by atoms with E-state index in [0.29, 0.717) is 5.75 Å². The molecule has 0 bridgehead atoms. The Hall–Kier alpha value is -0.357. The summed E-state index contributed by atoms with van der Waals surface area (Å²) >= 11 is 0. The SMILES string of the molecule is Oc1cc[c-]cc1.[Ru+]. The van der Waals surface area contributed by atoms with Crippen LogP contribution in [0.5, 0.6) is 5.75 Å². The van der Waals surface area contributed by atoms with Crippen LogP contribution in [0.2, 0.25) is 0 Å². The number of rotatable bonds is 0. The largest absolute Gasteiger partial charge is 1.00 e. The van der Waals surface area contributed by atoms with Gasteiger partial charge in [0, 0.05) is 5.75 Å². The zero-order valence-electron chi connectivity index (χ0n) is 4.11. The molecule has 1 aromatic carbocycles. The molecule has 0 aliphatic rings. The minimum Gasteiger partial charge on any atom is -0.533 e. The molecule has 0 spiro atoms. The van der Waals surface area contributed by atoms with Gasteiger partial charge in [-0.1, -0.05) is 0 Å². The summed E-state index contributed by atoms with van der Waals surface area (Å²) in [5.74, 6) is 0.291. The first-order valence-corrected chi connectivity index (χ1v) is 2.04. The quantitative estimate of drug-likeness (QED) is 0.486. The number of phenols is 1. The average molecular weight is 194 g/mol. The van der Waals surface area contributed by atoms with Crippen LogP contribution in [-0.2, 0) is 19.5 Å². The van der Waals surface area contributed by atoms with Crippen LogP contribution in [0, 0.1) is 6.07 Å². The number of hydrogen-bond donors (Lipinski definition) is 1. The first kappa shape index (κ1) is 7.64. The molecule has 0 fully saturated rings. The van der Waals surface area contributed by atoms with Crippen molar-refractivity contribution in [1.82, 2.24) is 0 Å². The van der Waals surface area contributed by atoms with E-state index >= 15 is 0 Å². The van der Waals surface area contributed by atoms with E-state index in [1.165, 1.54) is 0 Å². The molecular formula is C6H5ORu. The summed E-state index contributed by atoms with van der Waals surface area (Å²) in [5.41, 5.74) is 0. The van der Waals surface area contributed by atoms with Gasteiger partial charge in [0.25, 0.3) is 0 Å². The van der Waals surface area contributed by atoms with Crippen molar-refractivity contribution >= 4 is 0 Å². The van der Waals surface area contributed by atoms with Crippen LogP contribution in [0.1, 0.15) is 0 Å².